The number of aliphatic hydroxyl groups is 1. The second-order valence-corrected chi connectivity index (χ2v) is 5.18. The van der Waals surface area contributed by atoms with Gasteiger partial charge in [0, 0.05) is 12.7 Å². The Morgan fingerprint density at radius 3 is 3.00 bits per heavy atom. The van der Waals surface area contributed by atoms with Gasteiger partial charge in [0.1, 0.15) is 5.82 Å². The number of aliphatic hydroxyl groups excluding tert-OH is 1. The predicted molar refractivity (Wildman–Crippen MR) is 74.0 cm³/mol. The Kier molecular flexibility index (Phi) is 4.61. The number of likely N-dealkylation sites (tertiary alicyclic amines) is 1. The monoisotopic (exact) mass is 283 g/mol. The number of anilines is 1. The van der Waals surface area contributed by atoms with E-state index in [9.17, 15) is 9.90 Å². The number of hydrogen-bond acceptors (Lipinski definition) is 4. The van der Waals surface area contributed by atoms with E-state index in [-0.39, 0.29) is 29.4 Å². The number of aromatic nitrogens is 1. The van der Waals surface area contributed by atoms with E-state index in [2.05, 4.69) is 4.98 Å². The van der Waals surface area contributed by atoms with Crippen LogP contribution in [0.2, 0.25) is 5.02 Å². The molecule has 2 heterocycles. The van der Waals surface area contributed by atoms with Gasteiger partial charge in [-0.3, -0.25) is 4.79 Å². The number of carbonyl (C=O) groups is 1. The van der Waals surface area contributed by atoms with Gasteiger partial charge in [0.15, 0.2) is 0 Å². The largest absolute Gasteiger partial charge is 0.394 e. The third-order valence-corrected chi connectivity index (χ3v) is 3.77. The molecule has 0 spiro atoms. The van der Waals surface area contributed by atoms with Crippen LogP contribution in [0.5, 0.6) is 0 Å². The van der Waals surface area contributed by atoms with Crippen LogP contribution in [0.3, 0.4) is 0 Å². The molecule has 104 valence electrons. The number of pyridine rings is 1. The molecule has 1 saturated heterocycles. The summed E-state index contributed by atoms with van der Waals surface area (Å²) in [6.07, 6.45) is 5.34. The number of nitrogen functional groups attached to an aromatic ring is 1. The van der Waals surface area contributed by atoms with Gasteiger partial charge < -0.3 is 15.7 Å². The van der Waals surface area contributed by atoms with Crippen molar-refractivity contribution in [2.45, 2.75) is 31.7 Å². The number of rotatable bonds is 2. The third-order valence-electron chi connectivity index (χ3n) is 3.47. The fraction of sp³-hybridized carbons (Fsp3) is 0.538. The van der Waals surface area contributed by atoms with Gasteiger partial charge in [0.25, 0.3) is 5.91 Å². The average molecular weight is 284 g/mol. The second-order valence-electron chi connectivity index (χ2n) is 4.78. The van der Waals surface area contributed by atoms with Crippen LogP contribution in [0.25, 0.3) is 0 Å². The van der Waals surface area contributed by atoms with Crippen molar-refractivity contribution in [3.8, 4) is 0 Å². The van der Waals surface area contributed by atoms with Gasteiger partial charge in [-0.2, -0.15) is 0 Å². The number of amides is 1. The zero-order valence-corrected chi connectivity index (χ0v) is 11.4. The van der Waals surface area contributed by atoms with E-state index in [4.69, 9.17) is 17.3 Å². The highest BCUT2D eigenvalue weighted by Gasteiger charge is 2.26. The molecule has 19 heavy (non-hydrogen) atoms. The van der Waals surface area contributed by atoms with Gasteiger partial charge in [-0.15, -0.1) is 0 Å². The Morgan fingerprint density at radius 2 is 2.32 bits per heavy atom. The minimum absolute atomic E-state index is 0.0120. The zero-order valence-electron chi connectivity index (χ0n) is 10.7. The highest BCUT2D eigenvalue weighted by atomic mass is 35.5. The van der Waals surface area contributed by atoms with Crippen LogP contribution in [0.4, 0.5) is 5.82 Å². The van der Waals surface area contributed by atoms with Crippen molar-refractivity contribution in [2.24, 2.45) is 0 Å². The first kappa shape index (κ1) is 14.1. The van der Waals surface area contributed by atoms with Crippen LogP contribution >= 0.6 is 11.6 Å². The van der Waals surface area contributed by atoms with Gasteiger partial charge in [-0.1, -0.05) is 24.4 Å². The quantitative estimate of drug-likeness (QED) is 0.866. The summed E-state index contributed by atoms with van der Waals surface area (Å²) in [7, 11) is 0. The maximum atomic E-state index is 12.5. The summed E-state index contributed by atoms with van der Waals surface area (Å²) in [5, 5.41) is 9.70. The Balaban J connectivity index is 2.22. The molecule has 0 radical (unpaired) electrons. The van der Waals surface area contributed by atoms with Gasteiger partial charge >= 0.3 is 0 Å². The Labute approximate surface area is 117 Å². The highest BCUT2D eigenvalue weighted by molar-refractivity contribution is 6.33. The normalized spacial score (nSPS) is 20.1. The van der Waals surface area contributed by atoms with Crippen molar-refractivity contribution < 1.29 is 9.90 Å². The van der Waals surface area contributed by atoms with E-state index < -0.39 is 0 Å². The third kappa shape index (κ3) is 3.16. The summed E-state index contributed by atoms with van der Waals surface area (Å²) in [4.78, 5) is 18.1. The van der Waals surface area contributed by atoms with E-state index in [1.807, 2.05) is 0 Å². The SMILES string of the molecule is Nc1ncc(C(=O)N2CCCCCC2CO)cc1Cl. The molecule has 6 heteroatoms. The van der Waals surface area contributed by atoms with Crippen molar-refractivity contribution in [2.75, 3.05) is 18.9 Å². The lowest BCUT2D eigenvalue weighted by molar-refractivity contribution is 0.0599. The van der Waals surface area contributed by atoms with E-state index in [1.165, 1.54) is 12.3 Å². The van der Waals surface area contributed by atoms with Crippen LogP contribution in [0.1, 0.15) is 36.0 Å². The Bertz CT molecular complexity index is 467. The molecule has 5 nitrogen and oxygen atoms in total. The number of nitrogens with zero attached hydrogens (tertiary/aromatic N) is 2. The first-order valence-electron chi connectivity index (χ1n) is 6.46. The van der Waals surface area contributed by atoms with Gasteiger partial charge in [0.05, 0.1) is 23.2 Å². The smallest absolute Gasteiger partial charge is 0.255 e. The lowest BCUT2D eigenvalue weighted by atomic mass is 10.1. The summed E-state index contributed by atoms with van der Waals surface area (Å²) in [6.45, 7) is 0.647. The summed E-state index contributed by atoms with van der Waals surface area (Å²) in [6, 6.07) is 1.41. The van der Waals surface area contributed by atoms with Gasteiger partial charge in [-0.25, -0.2) is 4.98 Å². The molecule has 1 aromatic heterocycles. The fourth-order valence-corrected chi connectivity index (χ4v) is 2.53. The van der Waals surface area contributed by atoms with Gasteiger partial charge in [-0.05, 0) is 18.9 Å². The van der Waals surface area contributed by atoms with Crippen molar-refractivity contribution in [1.82, 2.24) is 9.88 Å². The molecule has 1 atom stereocenters. The number of nitrogens with two attached hydrogens (primary N) is 1. The Hall–Kier alpha value is -1.33. The predicted octanol–water partition coefficient (Wildman–Crippen LogP) is 1.69. The number of halogens is 1. The second kappa shape index (κ2) is 6.21. The molecular weight excluding hydrogens is 266 g/mol. The molecule has 2 rings (SSSR count). The average Bonchev–Trinajstić information content (AvgIpc) is 2.66. The van der Waals surface area contributed by atoms with Crippen LogP contribution in [0, 0.1) is 0 Å². The van der Waals surface area contributed by atoms with E-state index in [0.717, 1.165) is 25.7 Å². The summed E-state index contributed by atoms with van der Waals surface area (Å²) in [5.41, 5.74) is 5.95. The van der Waals surface area contributed by atoms with E-state index in [1.54, 1.807) is 4.90 Å². The van der Waals surface area contributed by atoms with Crippen LogP contribution in [-0.2, 0) is 0 Å². The highest BCUT2D eigenvalue weighted by Crippen LogP contribution is 2.22. The molecule has 1 aliphatic rings. The lowest BCUT2D eigenvalue weighted by Gasteiger charge is -2.28. The molecule has 0 bridgehead atoms. The van der Waals surface area contributed by atoms with Crippen molar-refractivity contribution in [3.63, 3.8) is 0 Å². The molecule has 1 aromatic rings. The molecule has 1 amide bonds. The standard InChI is InChI=1S/C13H18ClN3O2/c14-11-6-9(7-16-12(11)15)13(19)17-5-3-1-2-4-10(17)8-18/h6-7,10,18H,1-5,8H2,(H2,15,16). The van der Waals surface area contributed by atoms with Gasteiger partial charge in [0.2, 0.25) is 0 Å². The first-order chi connectivity index (χ1) is 9.13. The Morgan fingerprint density at radius 1 is 1.53 bits per heavy atom. The maximum absolute atomic E-state index is 12.5. The first-order valence-corrected chi connectivity index (χ1v) is 6.84. The van der Waals surface area contributed by atoms with Crippen LogP contribution in [-0.4, -0.2) is 40.1 Å². The van der Waals surface area contributed by atoms with Crippen molar-refractivity contribution in [3.05, 3.63) is 22.8 Å². The zero-order chi connectivity index (χ0) is 13.8. The summed E-state index contributed by atoms with van der Waals surface area (Å²) < 4.78 is 0. The molecule has 0 aliphatic carbocycles. The molecule has 0 saturated carbocycles. The van der Waals surface area contributed by atoms with Crippen molar-refractivity contribution >= 4 is 23.3 Å². The van der Waals surface area contributed by atoms with Crippen LogP contribution < -0.4 is 5.73 Å². The fourth-order valence-electron chi connectivity index (χ4n) is 2.37. The molecule has 1 fully saturated rings. The molecule has 1 aliphatic heterocycles. The molecule has 0 aromatic carbocycles. The van der Waals surface area contributed by atoms with Crippen LogP contribution in [0.15, 0.2) is 12.3 Å². The van der Waals surface area contributed by atoms with Crippen molar-refractivity contribution in [1.29, 1.82) is 0 Å². The topological polar surface area (TPSA) is 79.5 Å². The summed E-state index contributed by atoms with van der Waals surface area (Å²) in [5.74, 6) is 0.0724. The minimum atomic E-state index is -0.143. The maximum Gasteiger partial charge on any atom is 0.255 e. The molecular formula is C13H18ClN3O2. The molecule has 1 unspecified atom stereocenters. The number of carbonyl (C=O) groups excluding carboxylic acids is 1. The minimum Gasteiger partial charge on any atom is -0.394 e. The van der Waals surface area contributed by atoms with E-state index in [0.29, 0.717) is 12.1 Å². The lowest BCUT2D eigenvalue weighted by Crippen LogP contribution is -2.42. The molecule has 3 N–H and O–H groups in total. The number of hydrogen-bond donors (Lipinski definition) is 2. The van der Waals surface area contributed by atoms with E-state index >= 15 is 0 Å². The summed E-state index contributed by atoms with van der Waals surface area (Å²) >= 11 is 5.89.